The number of ether oxygens (including phenoxy) is 2. The number of H-pyrrole nitrogens is 1. The SMILES string of the molecule is O=c1ccn([C@@H]2C[C@@H](OCc3ccccc3)[C@H](COCc3ccccc3)[C@@H]2O)c(=O)[nH]1. The van der Waals surface area contributed by atoms with Crippen LogP contribution < -0.4 is 11.2 Å². The zero-order valence-electron chi connectivity index (χ0n) is 17.1. The van der Waals surface area contributed by atoms with Gasteiger partial charge in [0.05, 0.1) is 38.1 Å². The third kappa shape index (κ3) is 5.19. The van der Waals surface area contributed by atoms with Crippen LogP contribution in [0.2, 0.25) is 0 Å². The average Bonchev–Trinajstić information content (AvgIpc) is 3.09. The van der Waals surface area contributed by atoms with Gasteiger partial charge in [-0.15, -0.1) is 0 Å². The number of hydrogen-bond acceptors (Lipinski definition) is 5. The molecule has 162 valence electrons. The van der Waals surface area contributed by atoms with Gasteiger partial charge in [-0.1, -0.05) is 60.7 Å². The van der Waals surface area contributed by atoms with Gasteiger partial charge in [-0.05, 0) is 17.5 Å². The molecule has 4 rings (SSSR count). The second-order valence-electron chi connectivity index (χ2n) is 7.81. The Bertz CT molecular complexity index is 1080. The van der Waals surface area contributed by atoms with Crippen molar-refractivity contribution in [1.82, 2.24) is 9.55 Å². The zero-order chi connectivity index (χ0) is 21.6. The Morgan fingerprint density at radius 1 is 0.935 bits per heavy atom. The summed E-state index contributed by atoms with van der Waals surface area (Å²) in [5.74, 6) is -0.309. The molecule has 2 N–H and O–H groups in total. The van der Waals surface area contributed by atoms with Crippen molar-refractivity contribution in [2.45, 2.75) is 37.9 Å². The first-order valence-corrected chi connectivity index (χ1v) is 10.4. The second kappa shape index (κ2) is 9.87. The number of aliphatic hydroxyl groups is 1. The van der Waals surface area contributed by atoms with Crippen LogP contribution in [0, 0.1) is 5.92 Å². The van der Waals surface area contributed by atoms with E-state index in [1.54, 1.807) is 0 Å². The van der Waals surface area contributed by atoms with Crippen LogP contribution in [0.5, 0.6) is 0 Å². The van der Waals surface area contributed by atoms with Crippen molar-refractivity contribution >= 4 is 0 Å². The zero-order valence-corrected chi connectivity index (χ0v) is 17.1. The summed E-state index contributed by atoms with van der Waals surface area (Å²) in [6, 6.07) is 20.4. The molecule has 7 heteroatoms. The van der Waals surface area contributed by atoms with Crippen LogP contribution in [0.25, 0.3) is 0 Å². The monoisotopic (exact) mass is 422 g/mol. The van der Waals surface area contributed by atoms with Crippen LogP contribution >= 0.6 is 0 Å². The fourth-order valence-corrected chi connectivity index (χ4v) is 4.09. The number of aliphatic hydroxyl groups excluding tert-OH is 1. The largest absolute Gasteiger partial charge is 0.390 e. The maximum absolute atomic E-state index is 12.3. The van der Waals surface area contributed by atoms with Crippen molar-refractivity contribution in [3.63, 3.8) is 0 Å². The molecule has 0 bridgehead atoms. The van der Waals surface area contributed by atoms with Gasteiger partial charge >= 0.3 is 5.69 Å². The highest BCUT2D eigenvalue weighted by Crippen LogP contribution is 2.37. The van der Waals surface area contributed by atoms with Gasteiger partial charge in [-0.2, -0.15) is 0 Å². The van der Waals surface area contributed by atoms with Crippen LogP contribution in [0.1, 0.15) is 23.6 Å². The molecular formula is C24H26N2O5. The minimum atomic E-state index is -0.847. The molecule has 1 aliphatic rings. The first kappa shape index (κ1) is 21.2. The second-order valence-corrected chi connectivity index (χ2v) is 7.81. The lowest BCUT2D eigenvalue weighted by Gasteiger charge is -2.23. The number of benzene rings is 2. The van der Waals surface area contributed by atoms with E-state index in [0.717, 1.165) is 11.1 Å². The summed E-state index contributed by atoms with van der Waals surface area (Å²) < 4.78 is 13.4. The molecule has 0 aliphatic heterocycles. The lowest BCUT2D eigenvalue weighted by Crippen LogP contribution is -2.36. The molecule has 1 heterocycles. The molecule has 31 heavy (non-hydrogen) atoms. The fourth-order valence-electron chi connectivity index (χ4n) is 4.09. The highest BCUT2D eigenvalue weighted by Gasteiger charge is 2.44. The molecule has 0 unspecified atom stereocenters. The maximum Gasteiger partial charge on any atom is 0.328 e. The van der Waals surface area contributed by atoms with Crippen molar-refractivity contribution in [1.29, 1.82) is 0 Å². The van der Waals surface area contributed by atoms with Crippen molar-refractivity contribution in [2.75, 3.05) is 6.61 Å². The quantitative estimate of drug-likeness (QED) is 0.581. The number of hydrogen-bond donors (Lipinski definition) is 2. The topological polar surface area (TPSA) is 93.5 Å². The van der Waals surface area contributed by atoms with Gasteiger partial charge in [0, 0.05) is 18.2 Å². The van der Waals surface area contributed by atoms with Crippen LogP contribution in [0.15, 0.2) is 82.5 Å². The van der Waals surface area contributed by atoms with Gasteiger partial charge < -0.3 is 14.6 Å². The summed E-state index contributed by atoms with van der Waals surface area (Å²) >= 11 is 0. The molecule has 1 fully saturated rings. The van der Waals surface area contributed by atoms with E-state index in [-0.39, 0.29) is 12.0 Å². The van der Waals surface area contributed by atoms with Crippen molar-refractivity contribution < 1.29 is 14.6 Å². The average molecular weight is 422 g/mol. The number of rotatable bonds is 8. The van der Waals surface area contributed by atoms with E-state index in [0.29, 0.717) is 26.2 Å². The number of aromatic nitrogens is 2. The van der Waals surface area contributed by atoms with Crippen LogP contribution in [0.4, 0.5) is 0 Å². The van der Waals surface area contributed by atoms with Crippen LogP contribution in [-0.2, 0) is 22.7 Å². The standard InChI is InChI=1S/C24H26N2O5/c27-22-11-12-26(24(29)25-22)20-13-21(31-15-18-9-5-2-6-10-18)19(23(20)28)16-30-14-17-7-3-1-4-8-17/h1-12,19-21,23,28H,13-16H2,(H,25,27,29)/t19-,20+,21+,23-/m0/s1. The predicted octanol–water partition coefficient (Wildman–Crippen LogP) is 2.26. The molecule has 1 saturated carbocycles. The van der Waals surface area contributed by atoms with Crippen molar-refractivity contribution in [3.05, 3.63) is 105 Å². The Balaban J connectivity index is 1.49. The van der Waals surface area contributed by atoms with E-state index in [9.17, 15) is 14.7 Å². The minimum Gasteiger partial charge on any atom is -0.390 e. The molecule has 1 aromatic heterocycles. The molecule has 3 aromatic rings. The van der Waals surface area contributed by atoms with Gasteiger partial charge in [-0.3, -0.25) is 14.3 Å². The van der Waals surface area contributed by atoms with E-state index >= 15 is 0 Å². The van der Waals surface area contributed by atoms with Crippen molar-refractivity contribution in [2.24, 2.45) is 5.92 Å². The van der Waals surface area contributed by atoms with E-state index in [2.05, 4.69) is 4.98 Å². The maximum atomic E-state index is 12.3. The van der Waals surface area contributed by atoms with Crippen LogP contribution in [-0.4, -0.2) is 33.5 Å². The Labute approximate surface area is 179 Å². The lowest BCUT2D eigenvalue weighted by molar-refractivity contribution is -0.0476. The van der Waals surface area contributed by atoms with Gasteiger partial charge in [0.25, 0.3) is 5.56 Å². The molecule has 0 saturated heterocycles. The molecule has 0 amide bonds. The van der Waals surface area contributed by atoms with Gasteiger partial charge in [0.2, 0.25) is 0 Å². The number of nitrogens with one attached hydrogen (secondary N) is 1. The fraction of sp³-hybridized carbons (Fsp3) is 0.333. The highest BCUT2D eigenvalue weighted by atomic mass is 16.5. The Morgan fingerprint density at radius 3 is 2.23 bits per heavy atom. The summed E-state index contributed by atoms with van der Waals surface area (Å²) in [4.78, 5) is 26.0. The normalized spacial score (nSPS) is 23.1. The third-order valence-corrected chi connectivity index (χ3v) is 5.72. The molecular weight excluding hydrogens is 396 g/mol. The Kier molecular flexibility index (Phi) is 6.76. The lowest BCUT2D eigenvalue weighted by atomic mass is 10.0. The molecule has 4 atom stereocenters. The van der Waals surface area contributed by atoms with E-state index in [1.807, 2.05) is 60.7 Å². The first-order valence-electron chi connectivity index (χ1n) is 10.4. The van der Waals surface area contributed by atoms with Gasteiger partial charge in [0.1, 0.15) is 0 Å². The van der Waals surface area contributed by atoms with Crippen LogP contribution in [0.3, 0.4) is 0 Å². The molecule has 2 aromatic carbocycles. The highest BCUT2D eigenvalue weighted by molar-refractivity contribution is 5.14. The number of aromatic amines is 1. The summed E-state index contributed by atoms with van der Waals surface area (Å²) in [7, 11) is 0. The first-order chi connectivity index (χ1) is 15.1. The summed E-state index contributed by atoms with van der Waals surface area (Å²) in [5, 5.41) is 11.0. The predicted molar refractivity (Wildman–Crippen MR) is 116 cm³/mol. The minimum absolute atomic E-state index is 0.296. The molecule has 7 nitrogen and oxygen atoms in total. The van der Waals surface area contributed by atoms with E-state index in [4.69, 9.17) is 9.47 Å². The third-order valence-electron chi connectivity index (χ3n) is 5.72. The smallest absolute Gasteiger partial charge is 0.328 e. The molecule has 0 spiro atoms. The van der Waals surface area contributed by atoms with Crippen molar-refractivity contribution in [3.8, 4) is 0 Å². The summed E-state index contributed by atoms with van der Waals surface area (Å²) in [6.45, 7) is 1.13. The molecule has 1 aliphatic carbocycles. The molecule has 0 radical (unpaired) electrons. The van der Waals surface area contributed by atoms with Gasteiger partial charge in [-0.25, -0.2) is 4.79 Å². The number of nitrogens with zero attached hydrogens (tertiary/aromatic N) is 1. The van der Waals surface area contributed by atoms with E-state index in [1.165, 1.54) is 16.8 Å². The summed E-state index contributed by atoms with van der Waals surface area (Å²) in [6.07, 6.45) is 0.727. The Hall–Kier alpha value is -3.00. The Morgan fingerprint density at radius 2 is 1.58 bits per heavy atom. The van der Waals surface area contributed by atoms with E-state index < -0.39 is 23.4 Å². The van der Waals surface area contributed by atoms with Gasteiger partial charge in [0.15, 0.2) is 0 Å². The summed E-state index contributed by atoms with van der Waals surface area (Å²) in [5.41, 5.74) is 1.08.